The number of Topliss-reactive ketones (excluding diaryl/α,β-unsaturated/α-hetero) is 1. The fourth-order valence-electron chi connectivity index (χ4n) is 5.78. The van der Waals surface area contributed by atoms with Crippen LogP contribution in [0, 0.1) is 17.8 Å². The van der Waals surface area contributed by atoms with Crippen LogP contribution in [0.25, 0.3) is 0 Å². The van der Waals surface area contributed by atoms with Crippen molar-refractivity contribution >= 4 is 11.7 Å². The topological polar surface area (TPSA) is 52.7 Å². The summed E-state index contributed by atoms with van der Waals surface area (Å²) in [5.41, 5.74) is 1.34. The van der Waals surface area contributed by atoms with Crippen LogP contribution in [0.1, 0.15) is 52.0 Å². The summed E-state index contributed by atoms with van der Waals surface area (Å²) in [7, 11) is 0. The molecule has 1 aromatic carbocycles. The van der Waals surface area contributed by atoms with E-state index < -0.39 is 0 Å². The molecular formula is C25H39N3O2. The normalized spacial score (nSPS) is 29.6. The van der Waals surface area contributed by atoms with Crippen molar-refractivity contribution in [2.45, 2.75) is 59.0 Å². The van der Waals surface area contributed by atoms with Crippen LogP contribution in [-0.2, 0) is 16.1 Å². The molecule has 1 N–H and O–H groups in total. The van der Waals surface area contributed by atoms with Gasteiger partial charge in [0.05, 0.1) is 6.54 Å². The molecule has 1 aliphatic heterocycles. The molecule has 5 heteroatoms. The highest BCUT2D eigenvalue weighted by molar-refractivity contribution is 5.82. The van der Waals surface area contributed by atoms with E-state index in [0.717, 1.165) is 45.6 Å². The second-order valence-electron chi connectivity index (χ2n) is 9.29. The van der Waals surface area contributed by atoms with Crippen molar-refractivity contribution in [3.63, 3.8) is 0 Å². The van der Waals surface area contributed by atoms with E-state index in [2.05, 4.69) is 45.4 Å². The Morgan fingerprint density at radius 3 is 2.37 bits per heavy atom. The lowest BCUT2D eigenvalue weighted by molar-refractivity contribution is -0.125. The number of ketones is 1. The van der Waals surface area contributed by atoms with E-state index in [1.165, 1.54) is 24.8 Å². The summed E-state index contributed by atoms with van der Waals surface area (Å²) in [6.45, 7) is 6.97. The van der Waals surface area contributed by atoms with Gasteiger partial charge in [-0.05, 0) is 37.2 Å². The van der Waals surface area contributed by atoms with E-state index in [1.807, 2.05) is 0 Å². The predicted molar refractivity (Wildman–Crippen MR) is 121 cm³/mol. The van der Waals surface area contributed by atoms with Crippen LogP contribution in [0.5, 0.6) is 0 Å². The number of carbonyl (C=O) groups is 2. The van der Waals surface area contributed by atoms with E-state index in [9.17, 15) is 9.59 Å². The highest BCUT2D eigenvalue weighted by atomic mass is 16.2. The Bertz CT molecular complexity index is 700. The van der Waals surface area contributed by atoms with Crippen LogP contribution >= 0.6 is 0 Å². The van der Waals surface area contributed by atoms with Crippen LogP contribution in [0.15, 0.2) is 30.3 Å². The number of nitrogens with one attached hydrogen (secondary N) is 1. The second-order valence-corrected chi connectivity index (χ2v) is 9.29. The van der Waals surface area contributed by atoms with Gasteiger partial charge in [-0.15, -0.1) is 0 Å². The number of rotatable bonds is 6. The first-order chi connectivity index (χ1) is 14.1. The van der Waals surface area contributed by atoms with Crippen molar-refractivity contribution in [3.8, 4) is 0 Å². The number of hydrogen-bond acceptors (Lipinski definition) is 4. The first-order valence-corrected chi connectivity index (χ1v) is 11.4. The first-order valence-electron chi connectivity index (χ1n) is 11.4. The summed E-state index contributed by atoms with van der Waals surface area (Å²) in [5.74, 6) is 1.51. The molecule has 5 nitrogen and oxygen atoms in total. The molecular weight excluding hydrogens is 374 g/mol. The summed E-state index contributed by atoms with van der Waals surface area (Å²) in [4.78, 5) is 29.7. The lowest BCUT2D eigenvalue weighted by Crippen LogP contribution is -2.52. The van der Waals surface area contributed by atoms with Gasteiger partial charge in [-0.2, -0.15) is 0 Å². The summed E-state index contributed by atoms with van der Waals surface area (Å²) in [6, 6.07) is 10.6. The van der Waals surface area contributed by atoms with E-state index in [-0.39, 0.29) is 31.1 Å². The largest absolute Gasteiger partial charge is 0.351 e. The fraction of sp³-hybridized carbons (Fsp3) is 0.680. The van der Waals surface area contributed by atoms with Gasteiger partial charge < -0.3 is 5.32 Å². The highest BCUT2D eigenvalue weighted by Crippen LogP contribution is 2.45. The monoisotopic (exact) mass is 413 g/mol. The Kier molecular flexibility index (Phi) is 8.06. The second kappa shape index (κ2) is 10.5. The minimum absolute atomic E-state index is 0. The van der Waals surface area contributed by atoms with Crippen molar-refractivity contribution in [2.24, 2.45) is 17.8 Å². The Balaban J connectivity index is 0.00000256. The minimum atomic E-state index is 0. The summed E-state index contributed by atoms with van der Waals surface area (Å²) < 4.78 is 0. The summed E-state index contributed by atoms with van der Waals surface area (Å²) in [6.07, 6.45) is 5.88. The van der Waals surface area contributed by atoms with Crippen LogP contribution in [0.3, 0.4) is 0 Å². The lowest BCUT2D eigenvalue weighted by atomic mass is 9.80. The van der Waals surface area contributed by atoms with Gasteiger partial charge in [0.25, 0.3) is 0 Å². The molecule has 0 bridgehead atoms. The molecule has 2 saturated carbocycles. The molecule has 4 rings (SSSR count). The number of nitrogens with zero attached hydrogens (tertiary/aromatic N) is 2. The molecule has 0 radical (unpaired) electrons. The van der Waals surface area contributed by atoms with Crippen LogP contribution in [-0.4, -0.2) is 60.3 Å². The number of fused-ring (bicyclic) bond motifs is 1. The third-order valence-electron chi connectivity index (χ3n) is 7.35. The van der Waals surface area contributed by atoms with Crippen molar-refractivity contribution in [1.29, 1.82) is 0 Å². The van der Waals surface area contributed by atoms with Gasteiger partial charge in [-0.25, -0.2) is 0 Å². The maximum absolute atomic E-state index is 12.8. The van der Waals surface area contributed by atoms with Crippen LogP contribution < -0.4 is 5.32 Å². The Labute approximate surface area is 182 Å². The minimum Gasteiger partial charge on any atom is -0.351 e. The molecule has 4 atom stereocenters. The Hall–Kier alpha value is -1.72. The average Bonchev–Trinajstić information content (AvgIpc) is 3.09. The molecule has 1 heterocycles. The van der Waals surface area contributed by atoms with Gasteiger partial charge in [-0.1, -0.05) is 57.0 Å². The average molecular weight is 414 g/mol. The maximum Gasteiger partial charge on any atom is 0.234 e. The predicted octanol–water partition coefficient (Wildman–Crippen LogP) is 3.34. The van der Waals surface area contributed by atoms with E-state index in [1.54, 1.807) is 6.92 Å². The van der Waals surface area contributed by atoms with Gasteiger partial charge in [0, 0.05) is 44.7 Å². The van der Waals surface area contributed by atoms with Crippen molar-refractivity contribution in [3.05, 3.63) is 35.9 Å². The molecule has 0 spiro atoms. The quantitative estimate of drug-likeness (QED) is 0.777. The maximum atomic E-state index is 12.8. The number of carbonyl (C=O) groups excluding carboxylic acids is 2. The SMILES string of the molecule is C.CC(=O)C1CC2CCCCC2C1NC(=O)CN1CCN(Cc2ccccc2)CC1. The van der Waals surface area contributed by atoms with Crippen LogP contribution in [0.2, 0.25) is 0 Å². The Morgan fingerprint density at radius 2 is 1.67 bits per heavy atom. The zero-order valence-corrected chi connectivity index (χ0v) is 17.7. The summed E-state index contributed by atoms with van der Waals surface area (Å²) >= 11 is 0. The standard InChI is InChI=1S/C24H35N3O2.CH4/c1-18(28)22-15-20-9-5-6-10-21(20)24(22)25-23(29)17-27-13-11-26(12-14-27)16-19-7-3-2-4-8-19;/h2-4,7-8,20-22,24H,5-6,9-17H2,1H3,(H,25,29);1H4. The highest BCUT2D eigenvalue weighted by Gasteiger charge is 2.46. The summed E-state index contributed by atoms with van der Waals surface area (Å²) in [5, 5.41) is 3.29. The van der Waals surface area contributed by atoms with Crippen LogP contribution in [0.4, 0.5) is 0 Å². The number of benzene rings is 1. The third kappa shape index (κ3) is 5.50. The lowest BCUT2D eigenvalue weighted by Gasteiger charge is -2.35. The molecule has 0 aromatic heterocycles. The molecule has 1 aromatic rings. The van der Waals surface area contributed by atoms with E-state index >= 15 is 0 Å². The third-order valence-corrected chi connectivity index (χ3v) is 7.35. The fourth-order valence-corrected chi connectivity index (χ4v) is 5.78. The van der Waals surface area contributed by atoms with E-state index in [4.69, 9.17) is 0 Å². The molecule has 166 valence electrons. The number of piperazine rings is 1. The molecule has 4 unspecified atom stereocenters. The molecule has 3 fully saturated rings. The molecule has 3 aliphatic rings. The van der Waals surface area contributed by atoms with Gasteiger partial charge in [-0.3, -0.25) is 19.4 Å². The number of hydrogen-bond donors (Lipinski definition) is 1. The smallest absolute Gasteiger partial charge is 0.234 e. The molecule has 1 saturated heterocycles. The van der Waals surface area contributed by atoms with Gasteiger partial charge in [0.15, 0.2) is 0 Å². The molecule has 1 amide bonds. The van der Waals surface area contributed by atoms with Crippen molar-refractivity contribution in [2.75, 3.05) is 32.7 Å². The van der Waals surface area contributed by atoms with Crippen molar-refractivity contribution in [1.82, 2.24) is 15.1 Å². The van der Waals surface area contributed by atoms with Gasteiger partial charge in [0.2, 0.25) is 5.91 Å². The van der Waals surface area contributed by atoms with Gasteiger partial charge >= 0.3 is 0 Å². The first kappa shape index (κ1) is 23.0. The van der Waals surface area contributed by atoms with Gasteiger partial charge in [0.1, 0.15) is 5.78 Å². The van der Waals surface area contributed by atoms with E-state index in [0.29, 0.717) is 18.4 Å². The molecule has 30 heavy (non-hydrogen) atoms. The Morgan fingerprint density at radius 1 is 1.00 bits per heavy atom. The zero-order chi connectivity index (χ0) is 20.2. The van der Waals surface area contributed by atoms with Crippen molar-refractivity contribution < 1.29 is 9.59 Å². The number of amides is 1. The molecule has 2 aliphatic carbocycles. The zero-order valence-electron chi connectivity index (χ0n) is 17.7.